The Morgan fingerprint density at radius 2 is 0.485 bits per heavy atom. The third kappa shape index (κ3) is 8.21. The molecule has 0 N–H and O–H groups in total. The molecule has 0 bridgehead atoms. The molecule has 0 aliphatic heterocycles. The topological polar surface area (TPSA) is 0 Å². The molecule has 0 amide bonds. The van der Waals surface area contributed by atoms with Gasteiger partial charge in [0.05, 0.1) is 0 Å². The number of fused-ring (bicyclic) bond motifs is 2. The van der Waals surface area contributed by atoms with Crippen molar-refractivity contribution in [2.75, 3.05) is 0 Å². The standard InChI is InChI=1S/C66H46/c1-5-21-49(22-6-1)51-35-39-55(40-36-51)63(53-25-9-3-10-26-53)45-47-19-17-29-57(43-47)65-59-31-13-15-33-61(59)66(62-34-16-14-32-60(62)65)58-30-18-20-48(44-58)46-64(54-27-11-4-12-28-54)56-41-37-52(38-42-56)50-23-7-2-8-24-50/h1-46H/b63-45-,64-46-. The molecule has 11 aromatic rings. The van der Waals surface area contributed by atoms with Gasteiger partial charge in [0.25, 0.3) is 0 Å². The summed E-state index contributed by atoms with van der Waals surface area (Å²) in [5.74, 6) is 0. The molecule has 0 unspecified atom stereocenters. The second kappa shape index (κ2) is 18.3. The van der Waals surface area contributed by atoms with Gasteiger partial charge in [0.2, 0.25) is 0 Å². The number of benzene rings is 11. The van der Waals surface area contributed by atoms with Crippen molar-refractivity contribution in [2.45, 2.75) is 0 Å². The summed E-state index contributed by atoms with van der Waals surface area (Å²) in [7, 11) is 0. The lowest BCUT2D eigenvalue weighted by molar-refractivity contribution is 1.54. The predicted molar refractivity (Wildman–Crippen MR) is 283 cm³/mol. The van der Waals surface area contributed by atoms with Crippen molar-refractivity contribution in [2.24, 2.45) is 0 Å². The Hall–Kier alpha value is -8.58. The fourth-order valence-corrected chi connectivity index (χ4v) is 9.50. The summed E-state index contributed by atoms with van der Waals surface area (Å²) >= 11 is 0. The Balaban J connectivity index is 1.01. The largest absolute Gasteiger partial charge is 0.0622 e. The summed E-state index contributed by atoms with van der Waals surface area (Å²) in [6.45, 7) is 0. The zero-order chi connectivity index (χ0) is 44.1. The van der Waals surface area contributed by atoms with Gasteiger partial charge >= 0.3 is 0 Å². The van der Waals surface area contributed by atoms with E-state index < -0.39 is 0 Å². The second-order valence-electron chi connectivity index (χ2n) is 16.8. The van der Waals surface area contributed by atoms with Gasteiger partial charge in [0, 0.05) is 0 Å². The van der Waals surface area contributed by atoms with Crippen molar-refractivity contribution in [3.05, 3.63) is 300 Å². The van der Waals surface area contributed by atoms with Crippen LogP contribution in [0.15, 0.2) is 267 Å². The highest BCUT2D eigenvalue weighted by atomic mass is 14.2. The molecule has 11 rings (SSSR count). The van der Waals surface area contributed by atoms with E-state index in [9.17, 15) is 0 Å². The molecule has 0 radical (unpaired) electrons. The van der Waals surface area contributed by atoms with Gasteiger partial charge in [-0.3, -0.25) is 0 Å². The molecule has 0 aliphatic rings. The first kappa shape index (κ1) is 40.2. The summed E-state index contributed by atoms with van der Waals surface area (Å²) in [5.41, 5.74) is 19.1. The molecule has 0 spiro atoms. The molecule has 66 heavy (non-hydrogen) atoms. The molecule has 0 aliphatic carbocycles. The van der Waals surface area contributed by atoms with Gasteiger partial charge < -0.3 is 0 Å². The third-order valence-electron chi connectivity index (χ3n) is 12.7. The van der Waals surface area contributed by atoms with Crippen LogP contribution < -0.4 is 0 Å². The number of rotatable bonds is 10. The van der Waals surface area contributed by atoms with E-state index in [0.717, 1.165) is 11.1 Å². The van der Waals surface area contributed by atoms with Crippen LogP contribution in [0.4, 0.5) is 0 Å². The minimum atomic E-state index is 1.15. The zero-order valence-corrected chi connectivity index (χ0v) is 36.6. The first-order chi connectivity index (χ1) is 32.7. The van der Waals surface area contributed by atoms with Crippen molar-refractivity contribution < 1.29 is 0 Å². The van der Waals surface area contributed by atoms with Crippen LogP contribution in [0.5, 0.6) is 0 Å². The lowest BCUT2D eigenvalue weighted by Gasteiger charge is -2.18. The van der Waals surface area contributed by atoms with Crippen LogP contribution in [-0.2, 0) is 0 Å². The average Bonchev–Trinajstić information content (AvgIpc) is 3.40. The van der Waals surface area contributed by atoms with Crippen LogP contribution in [0.2, 0.25) is 0 Å². The van der Waals surface area contributed by atoms with Crippen molar-refractivity contribution >= 4 is 44.8 Å². The van der Waals surface area contributed by atoms with Gasteiger partial charge in [-0.1, -0.05) is 255 Å². The normalized spacial score (nSPS) is 11.8. The molecule has 0 fully saturated rings. The smallest absolute Gasteiger partial charge is 0.00262 e. The third-order valence-corrected chi connectivity index (χ3v) is 12.7. The van der Waals surface area contributed by atoms with Gasteiger partial charge in [-0.05, 0) is 135 Å². The molecule has 0 saturated heterocycles. The molecule has 0 atom stereocenters. The molecular formula is C66H46. The predicted octanol–water partition coefficient (Wildman–Crippen LogP) is 17.8. The van der Waals surface area contributed by atoms with Gasteiger partial charge in [-0.25, -0.2) is 0 Å². The minimum Gasteiger partial charge on any atom is -0.0622 e. The Kier molecular flexibility index (Phi) is 11.1. The van der Waals surface area contributed by atoms with Crippen LogP contribution in [0.3, 0.4) is 0 Å². The van der Waals surface area contributed by atoms with E-state index in [2.05, 4.69) is 279 Å². The highest BCUT2D eigenvalue weighted by molar-refractivity contribution is 6.21. The number of hydrogen-bond donors (Lipinski definition) is 0. The lowest BCUT2D eigenvalue weighted by Crippen LogP contribution is -1.92. The maximum atomic E-state index is 2.36. The van der Waals surface area contributed by atoms with Crippen LogP contribution in [-0.4, -0.2) is 0 Å². The Morgan fingerprint density at radius 1 is 0.212 bits per heavy atom. The van der Waals surface area contributed by atoms with E-state index >= 15 is 0 Å². The second-order valence-corrected chi connectivity index (χ2v) is 16.8. The zero-order valence-electron chi connectivity index (χ0n) is 36.6. The average molecular weight is 839 g/mol. The minimum absolute atomic E-state index is 1.15. The van der Waals surface area contributed by atoms with Crippen molar-refractivity contribution in [3.8, 4) is 44.5 Å². The maximum absolute atomic E-state index is 2.36. The lowest BCUT2D eigenvalue weighted by atomic mass is 9.85. The molecule has 0 heteroatoms. The molecular weight excluding hydrogens is 793 g/mol. The van der Waals surface area contributed by atoms with Crippen molar-refractivity contribution in [1.82, 2.24) is 0 Å². The Bertz CT molecular complexity index is 3210. The van der Waals surface area contributed by atoms with Crippen LogP contribution >= 0.6 is 0 Å². The number of hydrogen-bond acceptors (Lipinski definition) is 0. The van der Waals surface area contributed by atoms with E-state index in [1.165, 1.54) is 99.5 Å². The fraction of sp³-hybridized carbons (Fsp3) is 0. The fourth-order valence-electron chi connectivity index (χ4n) is 9.50. The van der Waals surface area contributed by atoms with Gasteiger partial charge in [-0.15, -0.1) is 0 Å². The summed E-state index contributed by atoms with van der Waals surface area (Å²) in [6.07, 6.45) is 4.69. The molecule has 0 heterocycles. The molecule has 310 valence electrons. The monoisotopic (exact) mass is 838 g/mol. The van der Waals surface area contributed by atoms with E-state index in [-0.39, 0.29) is 0 Å². The summed E-state index contributed by atoms with van der Waals surface area (Å²) in [6, 6.07) is 96.6. The summed E-state index contributed by atoms with van der Waals surface area (Å²) in [5, 5.41) is 4.93. The first-order valence-electron chi connectivity index (χ1n) is 22.7. The van der Waals surface area contributed by atoms with E-state index in [1.54, 1.807) is 0 Å². The van der Waals surface area contributed by atoms with E-state index in [1.807, 2.05) is 0 Å². The maximum Gasteiger partial charge on any atom is -0.00262 e. The Morgan fingerprint density at radius 3 is 0.833 bits per heavy atom. The molecule has 0 nitrogen and oxygen atoms in total. The summed E-state index contributed by atoms with van der Waals surface area (Å²) in [4.78, 5) is 0. The first-order valence-corrected chi connectivity index (χ1v) is 22.7. The van der Waals surface area contributed by atoms with Crippen LogP contribution in [0.1, 0.15) is 33.4 Å². The molecule has 11 aromatic carbocycles. The Labute approximate surface area is 387 Å². The highest BCUT2D eigenvalue weighted by Crippen LogP contribution is 2.44. The van der Waals surface area contributed by atoms with Gasteiger partial charge in [-0.2, -0.15) is 0 Å². The van der Waals surface area contributed by atoms with Crippen LogP contribution in [0.25, 0.3) is 89.4 Å². The van der Waals surface area contributed by atoms with Crippen molar-refractivity contribution in [1.29, 1.82) is 0 Å². The van der Waals surface area contributed by atoms with Crippen LogP contribution in [0, 0.1) is 0 Å². The SMILES string of the molecule is C(=C(\c1ccccc1)c1ccc(-c2ccccc2)cc1)/c1cccc(-c2c3ccccc3c(-c3cccc(/C=C(/c4ccccc4)c4ccc(-c5ccccc5)cc4)c3)c3ccccc23)c1. The van der Waals surface area contributed by atoms with E-state index in [4.69, 9.17) is 0 Å². The molecule has 0 aromatic heterocycles. The molecule has 0 saturated carbocycles. The van der Waals surface area contributed by atoms with E-state index in [0.29, 0.717) is 0 Å². The van der Waals surface area contributed by atoms with Crippen molar-refractivity contribution in [3.63, 3.8) is 0 Å². The highest BCUT2D eigenvalue weighted by Gasteiger charge is 2.18. The summed E-state index contributed by atoms with van der Waals surface area (Å²) < 4.78 is 0. The quantitative estimate of drug-likeness (QED) is 0.0951. The van der Waals surface area contributed by atoms with Gasteiger partial charge in [0.1, 0.15) is 0 Å². The van der Waals surface area contributed by atoms with Gasteiger partial charge in [0.15, 0.2) is 0 Å².